The quantitative estimate of drug-likeness (QED) is 0.864. The van der Waals surface area contributed by atoms with Gasteiger partial charge in [-0.3, -0.25) is 0 Å². The lowest BCUT2D eigenvalue weighted by molar-refractivity contribution is 0.582. The molecule has 0 unspecified atom stereocenters. The van der Waals surface area contributed by atoms with Gasteiger partial charge in [0.2, 0.25) is 0 Å². The molecule has 1 N–H and O–H groups in total. The summed E-state index contributed by atoms with van der Waals surface area (Å²) in [5.74, 6) is 0.795. The minimum absolute atomic E-state index is 0.488. The van der Waals surface area contributed by atoms with Gasteiger partial charge in [-0.15, -0.1) is 0 Å². The van der Waals surface area contributed by atoms with Gasteiger partial charge in [0.1, 0.15) is 5.82 Å². The summed E-state index contributed by atoms with van der Waals surface area (Å²) in [6, 6.07) is 2.21. The van der Waals surface area contributed by atoms with Gasteiger partial charge in [0, 0.05) is 31.9 Å². The van der Waals surface area contributed by atoms with E-state index in [0.717, 1.165) is 25.5 Å². The summed E-state index contributed by atoms with van der Waals surface area (Å²) >= 11 is 12.0. The summed E-state index contributed by atoms with van der Waals surface area (Å²) in [7, 11) is 0. The molecule has 17 heavy (non-hydrogen) atoms. The molecular formula is C12H19Cl2N3. The van der Waals surface area contributed by atoms with E-state index in [0.29, 0.717) is 16.1 Å². The largest absolute Gasteiger partial charge is 0.354 e. The Labute approximate surface area is 113 Å². The summed E-state index contributed by atoms with van der Waals surface area (Å²) in [6.45, 7) is 9.00. The van der Waals surface area contributed by atoms with Crippen LogP contribution < -0.4 is 10.2 Å². The molecule has 0 radical (unpaired) electrons. The molecule has 96 valence electrons. The number of anilines is 1. The van der Waals surface area contributed by atoms with Crippen LogP contribution in [0.5, 0.6) is 0 Å². The Balaban J connectivity index is 2.66. The molecule has 0 fully saturated rings. The smallest absolute Gasteiger partial charge is 0.147 e. The average Bonchev–Trinajstić information content (AvgIpc) is 2.25. The van der Waals surface area contributed by atoms with Crippen LogP contribution in [0.2, 0.25) is 10.0 Å². The summed E-state index contributed by atoms with van der Waals surface area (Å²) in [4.78, 5) is 6.41. The predicted molar refractivity (Wildman–Crippen MR) is 75.3 cm³/mol. The van der Waals surface area contributed by atoms with E-state index in [1.54, 1.807) is 12.3 Å². The SMILES string of the molecule is CCN(CCNC(C)C)c1ncc(Cl)cc1Cl. The Morgan fingerprint density at radius 1 is 1.41 bits per heavy atom. The molecule has 1 aromatic heterocycles. The fourth-order valence-electron chi connectivity index (χ4n) is 1.54. The van der Waals surface area contributed by atoms with Gasteiger partial charge >= 0.3 is 0 Å². The number of hydrogen-bond donors (Lipinski definition) is 1. The van der Waals surface area contributed by atoms with Crippen molar-refractivity contribution in [2.45, 2.75) is 26.8 Å². The second-order valence-electron chi connectivity index (χ2n) is 4.15. The summed E-state index contributed by atoms with van der Waals surface area (Å²) < 4.78 is 0. The van der Waals surface area contributed by atoms with E-state index in [-0.39, 0.29) is 0 Å². The molecular weight excluding hydrogens is 257 g/mol. The molecule has 0 aromatic carbocycles. The topological polar surface area (TPSA) is 28.2 Å². The molecule has 3 nitrogen and oxygen atoms in total. The minimum Gasteiger partial charge on any atom is -0.354 e. The number of halogens is 2. The van der Waals surface area contributed by atoms with Crippen molar-refractivity contribution in [1.29, 1.82) is 0 Å². The molecule has 1 rings (SSSR count). The lowest BCUT2D eigenvalue weighted by Crippen LogP contribution is -2.35. The van der Waals surface area contributed by atoms with E-state index >= 15 is 0 Å². The van der Waals surface area contributed by atoms with Gasteiger partial charge in [-0.05, 0) is 13.0 Å². The second kappa shape index (κ2) is 7.04. The number of likely N-dealkylation sites (N-methyl/N-ethyl adjacent to an activating group) is 1. The highest BCUT2D eigenvalue weighted by Crippen LogP contribution is 2.25. The van der Waals surface area contributed by atoms with Crippen LogP contribution in [0.15, 0.2) is 12.3 Å². The van der Waals surface area contributed by atoms with Crippen molar-refractivity contribution < 1.29 is 0 Å². The minimum atomic E-state index is 0.488. The molecule has 1 aromatic rings. The first-order valence-electron chi connectivity index (χ1n) is 5.84. The van der Waals surface area contributed by atoms with Crippen LogP contribution in [0.25, 0.3) is 0 Å². The highest BCUT2D eigenvalue weighted by Gasteiger charge is 2.10. The zero-order valence-electron chi connectivity index (χ0n) is 10.5. The third-order valence-corrected chi connectivity index (χ3v) is 2.89. The third-order valence-electron chi connectivity index (χ3n) is 2.40. The van der Waals surface area contributed by atoms with E-state index in [1.165, 1.54) is 0 Å². The van der Waals surface area contributed by atoms with Crippen molar-refractivity contribution in [2.75, 3.05) is 24.5 Å². The number of nitrogens with zero attached hydrogens (tertiary/aromatic N) is 2. The van der Waals surface area contributed by atoms with E-state index < -0.39 is 0 Å². The Hall–Kier alpha value is -0.510. The Kier molecular flexibility index (Phi) is 6.03. The Morgan fingerprint density at radius 3 is 2.65 bits per heavy atom. The van der Waals surface area contributed by atoms with Gasteiger partial charge in [-0.2, -0.15) is 0 Å². The number of hydrogen-bond acceptors (Lipinski definition) is 3. The Morgan fingerprint density at radius 2 is 2.12 bits per heavy atom. The molecule has 0 atom stereocenters. The lowest BCUT2D eigenvalue weighted by Gasteiger charge is -2.23. The van der Waals surface area contributed by atoms with Gasteiger partial charge in [0.05, 0.1) is 10.0 Å². The third kappa shape index (κ3) is 4.70. The molecule has 0 amide bonds. The van der Waals surface area contributed by atoms with E-state index in [4.69, 9.17) is 23.2 Å². The molecule has 0 bridgehead atoms. The molecule has 0 spiro atoms. The van der Waals surface area contributed by atoms with Crippen molar-refractivity contribution in [3.05, 3.63) is 22.3 Å². The predicted octanol–water partition coefficient (Wildman–Crippen LogP) is 3.21. The van der Waals surface area contributed by atoms with Crippen LogP contribution in [0.1, 0.15) is 20.8 Å². The highest BCUT2D eigenvalue weighted by molar-refractivity contribution is 6.36. The van der Waals surface area contributed by atoms with Crippen LogP contribution in [0.4, 0.5) is 5.82 Å². The molecule has 0 aliphatic heterocycles. The number of nitrogens with one attached hydrogen (secondary N) is 1. The van der Waals surface area contributed by atoms with E-state index in [1.807, 2.05) is 0 Å². The van der Waals surface area contributed by atoms with Crippen molar-refractivity contribution in [1.82, 2.24) is 10.3 Å². The lowest BCUT2D eigenvalue weighted by atomic mass is 10.3. The molecule has 0 aliphatic carbocycles. The average molecular weight is 276 g/mol. The van der Waals surface area contributed by atoms with Crippen LogP contribution in [-0.2, 0) is 0 Å². The highest BCUT2D eigenvalue weighted by atomic mass is 35.5. The maximum absolute atomic E-state index is 6.14. The first-order chi connectivity index (χ1) is 8.04. The molecule has 5 heteroatoms. The van der Waals surface area contributed by atoms with Crippen molar-refractivity contribution >= 4 is 29.0 Å². The van der Waals surface area contributed by atoms with Crippen LogP contribution in [0.3, 0.4) is 0 Å². The summed E-state index contributed by atoms with van der Waals surface area (Å²) in [6.07, 6.45) is 1.63. The fourth-order valence-corrected chi connectivity index (χ4v) is 2.04. The first kappa shape index (κ1) is 14.6. The molecule has 1 heterocycles. The number of pyridine rings is 1. The van der Waals surface area contributed by atoms with E-state index in [9.17, 15) is 0 Å². The fraction of sp³-hybridized carbons (Fsp3) is 0.583. The van der Waals surface area contributed by atoms with Crippen molar-refractivity contribution in [3.8, 4) is 0 Å². The zero-order chi connectivity index (χ0) is 12.8. The number of aromatic nitrogens is 1. The Bertz CT molecular complexity index is 356. The van der Waals surface area contributed by atoms with Crippen LogP contribution in [0, 0.1) is 0 Å². The number of rotatable bonds is 6. The van der Waals surface area contributed by atoms with Crippen LogP contribution >= 0.6 is 23.2 Å². The molecule has 0 saturated carbocycles. The molecule has 0 aliphatic rings. The van der Waals surface area contributed by atoms with Gasteiger partial charge in [-0.25, -0.2) is 4.98 Å². The van der Waals surface area contributed by atoms with Gasteiger partial charge < -0.3 is 10.2 Å². The zero-order valence-corrected chi connectivity index (χ0v) is 12.0. The van der Waals surface area contributed by atoms with E-state index in [2.05, 4.69) is 36.0 Å². The van der Waals surface area contributed by atoms with Crippen molar-refractivity contribution in [3.63, 3.8) is 0 Å². The van der Waals surface area contributed by atoms with Crippen LogP contribution in [-0.4, -0.2) is 30.7 Å². The standard InChI is InChI=1S/C12H19Cl2N3/c1-4-17(6-5-15-9(2)3)12-11(14)7-10(13)8-16-12/h7-9,15H,4-6H2,1-3H3. The van der Waals surface area contributed by atoms with Gasteiger partial charge in [0.25, 0.3) is 0 Å². The van der Waals surface area contributed by atoms with Gasteiger partial charge in [-0.1, -0.05) is 37.0 Å². The first-order valence-corrected chi connectivity index (χ1v) is 6.59. The normalized spacial score (nSPS) is 10.9. The molecule has 0 saturated heterocycles. The summed E-state index contributed by atoms with van der Waals surface area (Å²) in [5, 5.41) is 4.54. The van der Waals surface area contributed by atoms with Gasteiger partial charge in [0.15, 0.2) is 0 Å². The van der Waals surface area contributed by atoms with Crippen molar-refractivity contribution in [2.24, 2.45) is 0 Å². The maximum atomic E-state index is 6.14. The monoisotopic (exact) mass is 275 g/mol. The summed E-state index contributed by atoms with van der Waals surface area (Å²) in [5.41, 5.74) is 0. The maximum Gasteiger partial charge on any atom is 0.147 e. The second-order valence-corrected chi connectivity index (χ2v) is 4.99.